The molecular weight excluding hydrogens is 224 g/mol. The van der Waals surface area contributed by atoms with Crippen molar-refractivity contribution in [3.8, 4) is 0 Å². The molecule has 2 aliphatic heterocycles. The van der Waals surface area contributed by atoms with Crippen LogP contribution in [0.25, 0.3) is 0 Å². The van der Waals surface area contributed by atoms with Crippen molar-refractivity contribution in [2.45, 2.75) is 65.0 Å². The summed E-state index contributed by atoms with van der Waals surface area (Å²) in [6.45, 7) is 8.39. The van der Waals surface area contributed by atoms with Gasteiger partial charge in [-0.1, -0.05) is 26.7 Å². The van der Waals surface area contributed by atoms with Crippen molar-refractivity contribution < 1.29 is 4.79 Å². The molecule has 2 rings (SSSR count). The summed E-state index contributed by atoms with van der Waals surface area (Å²) in [5.74, 6) is 1.34. The molecule has 2 saturated heterocycles. The number of nitrogens with zero attached hydrogens (tertiary/aromatic N) is 1. The van der Waals surface area contributed by atoms with E-state index >= 15 is 0 Å². The van der Waals surface area contributed by atoms with Gasteiger partial charge in [-0.3, -0.25) is 4.79 Å². The zero-order chi connectivity index (χ0) is 13.1. The summed E-state index contributed by atoms with van der Waals surface area (Å²) in [6.07, 6.45) is 5.89. The SMILES string of the molecule is CCC(CC)CN(CC)C(=O)C1CC2CCC1N2. The Morgan fingerprint density at radius 1 is 1.28 bits per heavy atom. The number of hydrogen-bond donors (Lipinski definition) is 1. The van der Waals surface area contributed by atoms with Crippen LogP contribution in [0.5, 0.6) is 0 Å². The van der Waals surface area contributed by atoms with E-state index in [1.165, 1.54) is 25.7 Å². The van der Waals surface area contributed by atoms with Crippen molar-refractivity contribution in [3.63, 3.8) is 0 Å². The lowest BCUT2D eigenvalue weighted by molar-refractivity contribution is -0.136. The molecule has 0 aliphatic carbocycles. The van der Waals surface area contributed by atoms with Gasteiger partial charge in [0.15, 0.2) is 0 Å². The van der Waals surface area contributed by atoms with Crippen molar-refractivity contribution in [1.82, 2.24) is 10.2 Å². The van der Waals surface area contributed by atoms with Gasteiger partial charge in [0, 0.05) is 25.2 Å². The maximum atomic E-state index is 12.6. The highest BCUT2D eigenvalue weighted by Crippen LogP contribution is 2.34. The topological polar surface area (TPSA) is 32.3 Å². The van der Waals surface area contributed by atoms with Crippen LogP contribution in [-0.4, -0.2) is 36.0 Å². The Morgan fingerprint density at radius 3 is 2.44 bits per heavy atom. The van der Waals surface area contributed by atoms with E-state index in [4.69, 9.17) is 0 Å². The molecule has 2 bridgehead atoms. The van der Waals surface area contributed by atoms with Crippen LogP contribution in [0.4, 0.5) is 0 Å². The zero-order valence-corrected chi connectivity index (χ0v) is 12.1. The summed E-state index contributed by atoms with van der Waals surface area (Å²) < 4.78 is 0. The summed E-state index contributed by atoms with van der Waals surface area (Å²) in [5.41, 5.74) is 0. The van der Waals surface area contributed by atoms with Crippen LogP contribution in [0, 0.1) is 11.8 Å². The van der Waals surface area contributed by atoms with E-state index < -0.39 is 0 Å². The first-order valence-corrected chi connectivity index (χ1v) is 7.74. The summed E-state index contributed by atoms with van der Waals surface area (Å²) in [5, 5.41) is 3.57. The van der Waals surface area contributed by atoms with Crippen molar-refractivity contribution in [3.05, 3.63) is 0 Å². The molecule has 0 saturated carbocycles. The predicted molar refractivity (Wildman–Crippen MR) is 74.4 cm³/mol. The van der Waals surface area contributed by atoms with Crippen molar-refractivity contribution in [1.29, 1.82) is 0 Å². The van der Waals surface area contributed by atoms with E-state index in [1.807, 2.05) is 0 Å². The van der Waals surface area contributed by atoms with Crippen LogP contribution in [-0.2, 0) is 4.79 Å². The Morgan fingerprint density at radius 2 is 2.00 bits per heavy atom. The van der Waals surface area contributed by atoms with E-state index in [0.29, 0.717) is 23.9 Å². The lowest BCUT2D eigenvalue weighted by atomic mass is 9.88. The Hall–Kier alpha value is -0.570. The Labute approximate surface area is 111 Å². The van der Waals surface area contributed by atoms with Gasteiger partial charge in [-0.05, 0) is 32.1 Å². The molecule has 0 aromatic heterocycles. The van der Waals surface area contributed by atoms with Gasteiger partial charge in [0.1, 0.15) is 0 Å². The molecule has 1 N–H and O–H groups in total. The fourth-order valence-electron chi connectivity index (χ4n) is 3.57. The number of carbonyl (C=O) groups excluding carboxylic acids is 1. The molecule has 0 aromatic rings. The average Bonchev–Trinajstić information content (AvgIpc) is 3.02. The van der Waals surface area contributed by atoms with E-state index in [2.05, 4.69) is 31.0 Å². The molecule has 0 aromatic carbocycles. The molecule has 104 valence electrons. The van der Waals surface area contributed by atoms with E-state index in [-0.39, 0.29) is 5.92 Å². The smallest absolute Gasteiger partial charge is 0.227 e. The number of hydrogen-bond acceptors (Lipinski definition) is 2. The fraction of sp³-hybridized carbons (Fsp3) is 0.933. The number of amides is 1. The van der Waals surface area contributed by atoms with Gasteiger partial charge >= 0.3 is 0 Å². The second kappa shape index (κ2) is 6.05. The van der Waals surface area contributed by atoms with E-state index in [9.17, 15) is 4.79 Å². The first-order chi connectivity index (χ1) is 8.69. The number of fused-ring (bicyclic) bond motifs is 2. The summed E-state index contributed by atoms with van der Waals surface area (Å²) in [6, 6.07) is 1.09. The van der Waals surface area contributed by atoms with Crippen LogP contribution < -0.4 is 5.32 Å². The van der Waals surface area contributed by atoms with E-state index in [0.717, 1.165) is 19.5 Å². The van der Waals surface area contributed by atoms with Gasteiger partial charge in [-0.2, -0.15) is 0 Å². The molecule has 0 radical (unpaired) electrons. The normalized spacial score (nSPS) is 30.1. The molecular formula is C15H28N2O. The molecule has 3 heteroatoms. The molecule has 2 fully saturated rings. The van der Waals surface area contributed by atoms with Crippen LogP contribution in [0.15, 0.2) is 0 Å². The largest absolute Gasteiger partial charge is 0.342 e. The minimum absolute atomic E-state index is 0.262. The van der Waals surface area contributed by atoms with Gasteiger partial charge in [0.2, 0.25) is 5.91 Å². The number of carbonyl (C=O) groups is 1. The van der Waals surface area contributed by atoms with Gasteiger partial charge in [0.25, 0.3) is 0 Å². The first kappa shape index (κ1) is 13.9. The molecule has 2 aliphatic rings. The van der Waals surface area contributed by atoms with Crippen molar-refractivity contribution >= 4 is 5.91 Å². The Bertz CT molecular complexity index is 288. The molecule has 3 unspecified atom stereocenters. The zero-order valence-electron chi connectivity index (χ0n) is 12.1. The highest BCUT2D eigenvalue weighted by molar-refractivity contribution is 5.80. The third-order valence-electron chi connectivity index (χ3n) is 4.94. The lowest BCUT2D eigenvalue weighted by Gasteiger charge is -2.30. The van der Waals surface area contributed by atoms with Crippen LogP contribution in [0.3, 0.4) is 0 Å². The maximum absolute atomic E-state index is 12.6. The van der Waals surface area contributed by atoms with Gasteiger partial charge in [-0.15, -0.1) is 0 Å². The predicted octanol–water partition coefficient (Wildman–Crippen LogP) is 2.41. The molecule has 18 heavy (non-hydrogen) atoms. The number of rotatable bonds is 6. The molecule has 1 amide bonds. The van der Waals surface area contributed by atoms with Crippen LogP contribution in [0.2, 0.25) is 0 Å². The molecule has 3 nitrogen and oxygen atoms in total. The van der Waals surface area contributed by atoms with Gasteiger partial charge in [-0.25, -0.2) is 0 Å². The molecule has 2 heterocycles. The quantitative estimate of drug-likeness (QED) is 0.787. The fourth-order valence-corrected chi connectivity index (χ4v) is 3.57. The second-order valence-corrected chi connectivity index (χ2v) is 5.95. The summed E-state index contributed by atoms with van der Waals surface area (Å²) in [7, 11) is 0. The van der Waals surface area contributed by atoms with Gasteiger partial charge in [0.05, 0.1) is 5.92 Å². The van der Waals surface area contributed by atoms with Crippen molar-refractivity contribution in [2.75, 3.05) is 13.1 Å². The molecule has 0 spiro atoms. The minimum Gasteiger partial charge on any atom is -0.342 e. The van der Waals surface area contributed by atoms with E-state index in [1.54, 1.807) is 0 Å². The third kappa shape index (κ3) is 2.71. The summed E-state index contributed by atoms with van der Waals surface area (Å²) >= 11 is 0. The highest BCUT2D eigenvalue weighted by atomic mass is 16.2. The Balaban J connectivity index is 1.93. The van der Waals surface area contributed by atoms with Crippen LogP contribution in [0.1, 0.15) is 52.9 Å². The minimum atomic E-state index is 0.262. The lowest BCUT2D eigenvalue weighted by Crippen LogP contribution is -2.43. The van der Waals surface area contributed by atoms with Crippen LogP contribution >= 0.6 is 0 Å². The summed E-state index contributed by atoms with van der Waals surface area (Å²) in [4.78, 5) is 14.7. The first-order valence-electron chi connectivity index (χ1n) is 7.74. The standard InChI is InChI=1S/C15H28N2O/c1-4-11(5-2)10-17(6-3)15(18)13-9-12-7-8-14(13)16-12/h11-14,16H,4-10H2,1-3H3. The number of nitrogens with one attached hydrogen (secondary N) is 1. The second-order valence-electron chi connectivity index (χ2n) is 5.95. The monoisotopic (exact) mass is 252 g/mol. The third-order valence-corrected chi connectivity index (χ3v) is 4.94. The maximum Gasteiger partial charge on any atom is 0.227 e. The van der Waals surface area contributed by atoms with Crippen molar-refractivity contribution in [2.24, 2.45) is 11.8 Å². The highest BCUT2D eigenvalue weighted by Gasteiger charge is 2.43. The Kier molecular flexibility index (Phi) is 4.66. The molecule has 3 atom stereocenters. The average molecular weight is 252 g/mol. The van der Waals surface area contributed by atoms with Gasteiger partial charge < -0.3 is 10.2 Å².